The number of hydrogen-bond donors (Lipinski definition) is 0. The van der Waals surface area contributed by atoms with Crippen LogP contribution in [0.2, 0.25) is 0 Å². The van der Waals surface area contributed by atoms with Crippen molar-refractivity contribution in [1.82, 2.24) is 0 Å². The molecular weight excluding hydrogens is 377 g/mol. The zero-order valence-electron chi connectivity index (χ0n) is 16.5. The summed E-state index contributed by atoms with van der Waals surface area (Å²) in [5.41, 5.74) is 4.32. The second-order valence-corrected chi connectivity index (χ2v) is 7.23. The standard InChI is InChI=1S/C23H23F3N2O/c1-4-13-29-19-9-10-21-20(14-19)22(18-7-5-17(6-8-18)16(2)3)27-15-28(21)12-11-23(24,25)26/h1,5-10,14,16H,11-13,15H2,2-3H3. The normalized spacial score (nSPS) is 13.7. The van der Waals surface area contributed by atoms with Crippen LogP contribution in [0.4, 0.5) is 18.9 Å². The van der Waals surface area contributed by atoms with Gasteiger partial charge in [-0.05, 0) is 29.7 Å². The third-order valence-corrected chi connectivity index (χ3v) is 4.80. The van der Waals surface area contributed by atoms with Crippen molar-refractivity contribution in [3.05, 3.63) is 59.2 Å². The van der Waals surface area contributed by atoms with Crippen LogP contribution in [0.5, 0.6) is 5.75 Å². The number of benzene rings is 2. The number of ether oxygens (including phenoxy) is 1. The van der Waals surface area contributed by atoms with Crippen molar-refractivity contribution >= 4 is 11.4 Å². The van der Waals surface area contributed by atoms with Gasteiger partial charge in [0.15, 0.2) is 0 Å². The number of rotatable bonds is 6. The first-order valence-corrected chi connectivity index (χ1v) is 9.45. The molecule has 0 amide bonds. The second kappa shape index (κ2) is 8.60. The summed E-state index contributed by atoms with van der Waals surface area (Å²) in [6.07, 6.45) is 0.151. The van der Waals surface area contributed by atoms with E-state index in [9.17, 15) is 13.2 Å². The molecule has 0 N–H and O–H groups in total. The van der Waals surface area contributed by atoms with Crippen molar-refractivity contribution in [2.24, 2.45) is 4.99 Å². The number of anilines is 1. The number of aliphatic imine (C=N–C) groups is 1. The van der Waals surface area contributed by atoms with Crippen molar-refractivity contribution in [3.8, 4) is 18.1 Å². The van der Waals surface area contributed by atoms with E-state index in [1.54, 1.807) is 23.1 Å². The number of fused-ring (bicyclic) bond motifs is 1. The van der Waals surface area contributed by atoms with Crippen LogP contribution >= 0.6 is 0 Å². The van der Waals surface area contributed by atoms with Gasteiger partial charge >= 0.3 is 6.18 Å². The fourth-order valence-electron chi connectivity index (χ4n) is 3.24. The Morgan fingerprint density at radius 3 is 2.52 bits per heavy atom. The summed E-state index contributed by atoms with van der Waals surface area (Å²) in [6, 6.07) is 13.4. The Morgan fingerprint density at radius 1 is 1.17 bits per heavy atom. The molecule has 1 aliphatic rings. The van der Waals surface area contributed by atoms with Gasteiger partial charge in [-0.1, -0.05) is 44.0 Å². The van der Waals surface area contributed by atoms with Gasteiger partial charge in [-0.3, -0.25) is 4.99 Å². The van der Waals surface area contributed by atoms with Crippen LogP contribution in [-0.2, 0) is 0 Å². The first kappa shape index (κ1) is 20.8. The lowest BCUT2D eigenvalue weighted by Crippen LogP contribution is -2.33. The smallest absolute Gasteiger partial charge is 0.390 e. The van der Waals surface area contributed by atoms with E-state index in [4.69, 9.17) is 11.2 Å². The predicted molar refractivity (Wildman–Crippen MR) is 110 cm³/mol. The van der Waals surface area contributed by atoms with Crippen LogP contribution in [0.25, 0.3) is 0 Å². The van der Waals surface area contributed by atoms with Crippen molar-refractivity contribution in [1.29, 1.82) is 0 Å². The largest absolute Gasteiger partial charge is 0.481 e. The second-order valence-electron chi connectivity index (χ2n) is 7.23. The topological polar surface area (TPSA) is 24.8 Å². The van der Waals surface area contributed by atoms with Crippen LogP contribution in [0, 0.1) is 12.3 Å². The molecule has 152 valence electrons. The van der Waals surface area contributed by atoms with Crippen molar-refractivity contribution < 1.29 is 17.9 Å². The number of alkyl halides is 3. The average molecular weight is 400 g/mol. The van der Waals surface area contributed by atoms with E-state index < -0.39 is 12.6 Å². The summed E-state index contributed by atoms with van der Waals surface area (Å²) in [7, 11) is 0. The third kappa shape index (κ3) is 5.11. The van der Waals surface area contributed by atoms with Gasteiger partial charge in [0.25, 0.3) is 0 Å². The average Bonchev–Trinajstić information content (AvgIpc) is 2.69. The number of terminal acetylenes is 1. The van der Waals surface area contributed by atoms with E-state index >= 15 is 0 Å². The van der Waals surface area contributed by atoms with E-state index in [0.29, 0.717) is 17.4 Å². The highest BCUT2D eigenvalue weighted by molar-refractivity contribution is 6.17. The first-order chi connectivity index (χ1) is 13.8. The lowest BCUT2D eigenvalue weighted by Gasteiger charge is -2.31. The number of halogens is 3. The Kier molecular flexibility index (Phi) is 6.17. The van der Waals surface area contributed by atoms with Crippen LogP contribution in [-0.4, -0.2) is 31.7 Å². The summed E-state index contributed by atoms with van der Waals surface area (Å²) in [5, 5.41) is 0. The molecule has 0 bridgehead atoms. The fourth-order valence-corrected chi connectivity index (χ4v) is 3.24. The molecule has 1 heterocycles. The number of hydrogen-bond acceptors (Lipinski definition) is 3. The SMILES string of the molecule is C#CCOc1ccc2c(c1)C(c1ccc(C(C)C)cc1)=NCN2CCC(F)(F)F. The molecule has 29 heavy (non-hydrogen) atoms. The highest BCUT2D eigenvalue weighted by atomic mass is 19.4. The lowest BCUT2D eigenvalue weighted by molar-refractivity contribution is -0.132. The van der Waals surface area contributed by atoms with E-state index in [2.05, 4.69) is 36.9 Å². The maximum absolute atomic E-state index is 12.7. The molecule has 0 aliphatic carbocycles. The molecule has 0 radical (unpaired) electrons. The van der Waals surface area contributed by atoms with Gasteiger partial charge in [0.1, 0.15) is 19.0 Å². The molecule has 2 aromatic carbocycles. The quantitative estimate of drug-likeness (QED) is 0.608. The van der Waals surface area contributed by atoms with Crippen molar-refractivity contribution in [3.63, 3.8) is 0 Å². The summed E-state index contributed by atoms with van der Waals surface area (Å²) >= 11 is 0. The molecule has 0 atom stereocenters. The van der Waals surface area contributed by atoms with Gasteiger partial charge in [0.05, 0.1) is 12.1 Å². The molecule has 0 fully saturated rings. The summed E-state index contributed by atoms with van der Waals surface area (Å²) in [6.45, 7) is 4.39. The monoisotopic (exact) mass is 400 g/mol. The zero-order chi connectivity index (χ0) is 21.0. The maximum Gasteiger partial charge on any atom is 0.390 e. The van der Waals surface area contributed by atoms with Crippen molar-refractivity contribution in [2.75, 3.05) is 24.7 Å². The van der Waals surface area contributed by atoms with E-state index in [-0.39, 0.29) is 19.8 Å². The molecule has 6 heteroatoms. The lowest BCUT2D eigenvalue weighted by atomic mass is 9.95. The minimum atomic E-state index is -4.22. The Balaban J connectivity index is 1.96. The molecule has 3 nitrogen and oxygen atoms in total. The Morgan fingerprint density at radius 2 is 1.90 bits per heavy atom. The van der Waals surface area contributed by atoms with Gasteiger partial charge in [-0.25, -0.2) is 0 Å². The Labute approximate surface area is 169 Å². The predicted octanol–water partition coefficient (Wildman–Crippen LogP) is 5.39. The molecule has 2 aromatic rings. The summed E-state index contributed by atoms with van der Waals surface area (Å²) in [4.78, 5) is 6.24. The molecule has 3 rings (SSSR count). The van der Waals surface area contributed by atoms with E-state index in [1.807, 2.05) is 12.1 Å². The highest BCUT2D eigenvalue weighted by Gasteiger charge is 2.30. The molecule has 0 saturated carbocycles. The van der Waals surface area contributed by atoms with Crippen LogP contribution in [0.1, 0.15) is 42.9 Å². The Bertz CT molecular complexity index is 925. The molecule has 0 aromatic heterocycles. The van der Waals surface area contributed by atoms with Crippen LogP contribution in [0.15, 0.2) is 47.5 Å². The Hall–Kier alpha value is -2.94. The van der Waals surface area contributed by atoms with Gasteiger partial charge in [0.2, 0.25) is 0 Å². The number of nitrogens with zero attached hydrogens (tertiary/aromatic N) is 2. The molecule has 0 saturated heterocycles. The van der Waals surface area contributed by atoms with Gasteiger partial charge in [-0.2, -0.15) is 13.2 Å². The van der Waals surface area contributed by atoms with E-state index in [0.717, 1.165) is 16.8 Å². The maximum atomic E-state index is 12.7. The van der Waals surface area contributed by atoms with Gasteiger partial charge in [-0.15, -0.1) is 6.42 Å². The molecule has 0 spiro atoms. The van der Waals surface area contributed by atoms with Crippen LogP contribution < -0.4 is 9.64 Å². The summed E-state index contributed by atoms with van der Waals surface area (Å²) < 4.78 is 43.7. The minimum absolute atomic E-state index is 0.117. The minimum Gasteiger partial charge on any atom is -0.481 e. The van der Waals surface area contributed by atoms with Crippen LogP contribution in [0.3, 0.4) is 0 Å². The highest BCUT2D eigenvalue weighted by Crippen LogP contribution is 2.33. The van der Waals surface area contributed by atoms with Gasteiger partial charge < -0.3 is 9.64 Å². The molecule has 1 aliphatic heterocycles. The van der Waals surface area contributed by atoms with E-state index in [1.165, 1.54) is 5.56 Å². The van der Waals surface area contributed by atoms with Crippen molar-refractivity contribution in [2.45, 2.75) is 32.4 Å². The fraction of sp³-hybridized carbons (Fsp3) is 0.348. The first-order valence-electron chi connectivity index (χ1n) is 9.45. The molecular formula is C23H23F3N2O. The van der Waals surface area contributed by atoms with Gasteiger partial charge in [0, 0.05) is 23.4 Å². The summed E-state index contributed by atoms with van der Waals surface area (Å²) in [5.74, 6) is 3.38. The molecule has 0 unspecified atom stereocenters. The third-order valence-electron chi connectivity index (χ3n) is 4.80. The zero-order valence-corrected chi connectivity index (χ0v) is 16.5.